The van der Waals surface area contributed by atoms with E-state index in [-0.39, 0.29) is 5.92 Å². The highest BCUT2D eigenvalue weighted by Gasteiger charge is 2.30. The molecule has 2 aromatic rings. The molecule has 2 heterocycles. The van der Waals surface area contributed by atoms with Gasteiger partial charge < -0.3 is 5.11 Å². The van der Waals surface area contributed by atoms with Crippen LogP contribution in [0.1, 0.15) is 73.6 Å². The van der Waals surface area contributed by atoms with Gasteiger partial charge in [-0.2, -0.15) is 0 Å². The third-order valence-corrected chi connectivity index (χ3v) is 7.30. The zero-order chi connectivity index (χ0) is 20.9. The van der Waals surface area contributed by atoms with Crippen LogP contribution < -0.4 is 0 Å². The molecule has 1 fully saturated rings. The summed E-state index contributed by atoms with van der Waals surface area (Å²) in [5, 5.41) is 11.4. The van der Waals surface area contributed by atoms with Crippen LogP contribution in [0.3, 0.4) is 0 Å². The van der Waals surface area contributed by atoms with E-state index in [2.05, 4.69) is 69.1 Å². The van der Waals surface area contributed by atoms with Crippen LogP contribution in [0.25, 0.3) is 0 Å². The number of halogens is 1. The number of fused-ring (bicyclic) bond motifs is 1. The van der Waals surface area contributed by atoms with Crippen molar-refractivity contribution in [3.8, 4) is 5.75 Å². The average molecular weight is 471 g/mol. The molecule has 30 heavy (non-hydrogen) atoms. The molecular weight excluding hydrogens is 436 g/mol. The van der Waals surface area contributed by atoms with Crippen LogP contribution in [0.5, 0.6) is 5.75 Å². The lowest BCUT2D eigenvalue weighted by atomic mass is 9.82. The normalized spacial score (nSPS) is 20.7. The summed E-state index contributed by atoms with van der Waals surface area (Å²) in [7, 11) is 0. The van der Waals surface area contributed by atoms with Gasteiger partial charge in [-0.05, 0) is 62.2 Å². The first-order chi connectivity index (χ1) is 14.7. The predicted octanol–water partition coefficient (Wildman–Crippen LogP) is 6.28. The zero-order valence-electron chi connectivity index (χ0n) is 18.2. The Morgan fingerprint density at radius 2 is 1.70 bits per heavy atom. The molecule has 0 saturated carbocycles. The summed E-state index contributed by atoms with van der Waals surface area (Å²) < 4.78 is 1.10. The molecule has 4 heteroatoms. The number of rotatable bonds is 6. The summed E-state index contributed by atoms with van der Waals surface area (Å²) in [6.07, 6.45) is 7.67. The van der Waals surface area contributed by atoms with Crippen molar-refractivity contribution in [3.05, 3.63) is 63.1 Å². The smallest absolute Gasteiger partial charge is 0.124 e. The first-order valence-electron chi connectivity index (χ1n) is 11.7. The molecule has 2 aliphatic rings. The van der Waals surface area contributed by atoms with Gasteiger partial charge >= 0.3 is 0 Å². The Balaban J connectivity index is 1.66. The van der Waals surface area contributed by atoms with Crippen molar-refractivity contribution in [2.75, 3.05) is 26.2 Å². The third-order valence-electron chi connectivity index (χ3n) is 6.77. The molecule has 4 rings (SSSR count). The Hall–Kier alpha value is -1.36. The summed E-state index contributed by atoms with van der Waals surface area (Å²) in [6.45, 7) is 8.47. The number of hydrogen-bond acceptors (Lipinski definition) is 3. The maximum Gasteiger partial charge on any atom is 0.124 e. The van der Waals surface area contributed by atoms with Crippen LogP contribution in [0, 0.1) is 0 Å². The van der Waals surface area contributed by atoms with Crippen LogP contribution in [-0.4, -0.2) is 41.1 Å². The van der Waals surface area contributed by atoms with Gasteiger partial charge in [0.15, 0.2) is 0 Å². The molecule has 1 N–H and O–H groups in total. The highest BCUT2D eigenvalue weighted by Crippen LogP contribution is 2.41. The van der Waals surface area contributed by atoms with E-state index in [0.717, 1.165) is 54.9 Å². The van der Waals surface area contributed by atoms with E-state index >= 15 is 0 Å². The van der Waals surface area contributed by atoms with E-state index in [1.54, 1.807) is 0 Å². The van der Waals surface area contributed by atoms with Crippen molar-refractivity contribution in [1.29, 1.82) is 0 Å². The monoisotopic (exact) mass is 470 g/mol. The van der Waals surface area contributed by atoms with E-state index < -0.39 is 0 Å². The van der Waals surface area contributed by atoms with Crippen molar-refractivity contribution in [3.63, 3.8) is 0 Å². The quantitative estimate of drug-likeness (QED) is 0.537. The number of unbranched alkanes of at least 4 members (excludes halogenated alkanes) is 1. The van der Waals surface area contributed by atoms with Gasteiger partial charge in [0.05, 0.1) is 0 Å². The molecule has 0 aliphatic carbocycles. The molecule has 2 aliphatic heterocycles. The number of nitrogens with zero attached hydrogens (tertiary/aromatic N) is 2. The van der Waals surface area contributed by atoms with Crippen LogP contribution >= 0.6 is 15.9 Å². The molecule has 1 unspecified atom stereocenters. The van der Waals surface area contributed by atoms with Crippen molar-refractivity contribution in [1.82, 2.24) is 9.80 Å². The molecule has 2 aromatic carbocycles. The fraction of sp³-hybridized carbons (Fsp3) is 0.538. The first kappa shape index (κ1) is 21.9. The molecule has 0 spiro atoms. The van der Waals surface area contributed by atoms with Crippen LogP contribution in [0.4, 0.5) is 0 Å². The largest absolute Gasteiger partial charge is 0.507 e. The molecule has 162 valence electrons. The number of likely N-dealkylation sites (tertiary alicyclic amines) is 1. The molecule has 0 amide bonds. The molecule has 0 radical (unpaired) electrons. The Morgan fingerprint density at radius 3 is 2.40 bits per heavy atom. The average Bonchev–Trinajstić information content (AvgIpc) is 3.03. The van der Waals surface area contributed by atoms with E-state index in [1.165, 1.54) is 49.7 Å². The van der Waals surface area contributed by atoms with Crippen molar-refractivity contribution in [2.45, 2.75) is 64.5 Å². The molecular formula is C26H35BrN2O. The lowest BCUT2D eigenvalue weighted by Gasteiger charge is -2.36. The van der Waals surface area contributed by atoms with Crippen molar-refractivity contribution < 1.29 is 5.11 Å². The van der Waals surface area contributed by atoms with Gasteiger partial charge in [0.2, 0.25) is 0 Å². The number of hydrogen-bond donors (Lipinski definition) is 1. The summed E-state index contributed by atoms with van der Waals surface area (Å²) in [5.41, 5.74) is 4.85. The highest BCUT2D eigenvalue weighted by molar-refractivity contribution is 9.10. The van der Waals surface area contributed by atoms with E-state index in [4.69, 9.17) is 0 Å². The second kappa shape index (κ2) is 10.3. The minimum atomic E-state index is 0.225. The zero-order valence-corrected chi connectivity index (χ0v) is 19.8. The SMILES string of the molecule is CCCCN1Cc2ccc(CN3CCCCCC3)c(O)c2C(c2ccc(Br)cc2)C1. The Bertz CT molecular complexity index is 828. The summed E-state index contributed by atoms with van der Waals surface area (Å²) >= 11 is 3.57. The highest BCUT2D eigenvalue weighted by atomic mass is 79.9. The lowest BCUT2D eigenvalue weighted by Crippen LogP contribution is -2.35. The standard InChI is InChI=1S/C26H35BrN2O/c1-2-3-14-29-17-21-8-9-22(18-28-15-6-4-5-7-16-28)26(30)25(21)24(19-29)20-10-12-23(27)13-11-20/h8-13,24,30H,2-7,14-19H2,1H3. The second-order valence-corrected chi connectivity index (χ2v) is 9.94. The maximum atomic E-state index is 11.4. The Morgan fingerprint density at radius 1 is 0.967 bits per heavy atom. The molecule has 0 bridgehead atoms. The minimum Gasteiger partial charge on any atom is -0.507 e. The van der Waals surface area contributed by atoms with Crippen molar-refractivity contribution in [2.24, 2.45) is 0 Å². The topological polar surface area (TPSA) is 26.7 Å². The Labute approximate surface area is 190 Å². The molecule has 1 saturated heterocycles. The number of phenols is 1. The van der Waals surface area contributed by atoms with Gasteiger partial charge in [0, 0.05) is 41.2 Å². The van der Waals surface area contributed by atoms with Gasteiger partial charge in [-0.1, -0.05) is 66.4 Å². The van der Waals surface area contributed by atoms with Crippen LogP contribution in [-0.2, 0) is 13.1 Å². The van der Waals surface area contributed by atoms with Crippen LogP contribution in [0.15, 0.2) is 40.9 Å². The van der Waals surface area contributed by atoms with E-state index in [1.807, 2.05) is 0 Å². The fourth-order valence-electron chi connectivity index (χ4n) is 5.06. The minimum absolute atomic E-state index is 0.225. The molecule has 3 nitrogen and oxygen atoms in total. The van der Waals surface area contributed by atoms with Gasteiger partial charge in [-0.25, -0.2) is 0 Å². The predicted molar refractivity (Wildman–Crippen MR) is 128 cm³/mol. The summed E-state index contributed by atoms with van der Waals surface area (Å²) in [6, 6.07) is 13.1. The Kier molecular flexibility index (Phi) is 7.50. The maximum absolute atomic E-state index is 11.4. The van der Waals surface area contributed by atoms with Gasteiger partial charge in [-0.3, -0.25) is 9.80 Å². The number of phenolic OH excluding ortho intramolecular Hbond substituents is 1. The number of benzene rings is 2. The van der Waals surface area contributed by atoms with Crippen LogP contribution in [0.2, 0.25) is 0 Å². The van der Waals surface area contributed by atoms with Gasteiger partial charge in [0.25, 0.3) is 0 Å². The summed E-state index contributed by atoms with van der Waals surface area (Å²) in [5.74, 6) is 0.766. The van der Waals surface area contributed by atoms with Gasteiger partial charge in [0.1, 0.15) is 5.75 Å². The van der Waals surface area contributed by atoms with Crippen molar-refractivity contribution >= 4 is 15.9 Å². The second-order valence-electron chi connectivity index (χ2n) is 9.03. The lowest BCUT2D eigenvalue weighted by molar-refractivity contribution is 0.233. The molecule has 0 aromatic heterocycles. The first-order valence-corrected chi connectivity index (χ1v) is 12.5. The van der Waals surface area contributed by atoms with E-state index in [9.17, 15) is 5.11 Å². The fourth-order valence-corrected chi connectivity index (χ4v) is 5.32. The van der Waals surface area contributed by atoms with E-state index in [0.29, 0.717) is 5.75 Å². The number of aromatic hydroxyl groups is 1. The summed E-state index contributed by atoms with van der Waals surface area (Å²) in [4.78, 5) is 5.09. The third kappa shape index (κ3) is 5.09. The van der Waals surface area contributed by atoms with Gasteiger partial charge in [-0.15, -0.1) is 0 Å². The molecule has 1 atom stereocenters.